The Bertz CT molecular complexity index is 752. The summed E-state index contributed by atoms with van der Waals surface area (Å²) in [5, 5.41) is 0. The molecule has 3 rings (SSSR count). The van der Waals surface area contributed by atoms with Crippen molar-refractivity contribution in [3.8, 4) is 0 Å². The van der Waals surface area contributed by atoms with Gasteiger partial charge in [0.1, 0.15) is 17.3 Å². The van der Waals surface area contributed by atoms with Gasteiger partial charge in [-0.2, -0.15) is 0 Å². The molecule has 134 valence electrons. The average Bonchev–Trinajstić information content (AvgIpc) is 2.91. The minimum absolute atomic E-state index is 0.0352. The lowest BCUT2D eigenvalue weighted by Gasteiger charge is -2.27. The second kappa shape index (κ2) is 7.40. The van der Waals surface area contributed by atoms with Gasteiger partial charge in [0.05, 0.1) is 5.56 Å². The van der Waals surface area contributed by atoms with Crippen molar-refractivity contribution >= 4 is 5.91 Å². The maximum absolute atomic E-state index is 13.1. The fourth-order valence-electron chi connectivity index (χ4n) is 3.47. The highest BCUT2D eigenvalue weighted by Crippen LogP contribution is 2.29. The first-order valence-electron chi connectivity index (χ1n) is 8.83. The summed E-state index contributed by atoms with van der Waals surface area (Å²) in [7, 11) is 1.84. The van der Waals surface area contributed by atoms with Crippen LogP contribution in [0.1, 0.15) is 46.3 Å². The van der Waals surface area contributed by atoms with Crippen LogP contribution in [0.3, 0.4) is 0 Å². The van der Waals surface area contributed by atoms with E-state index in [1.807, 2.05) is 26.1 Å². The fraction of sp³-hybridized carbons (Fsp3) is 0.450. The van der Waals surface area contributed by atoms with E-state index in [0.29, 0.717) is 12.3 Å². The molecule has 25 heavy (non-hydrogen) atoms. The smallest absolute Gasteiger partial charge is 0.257 e. The lowest BCUT2D eigenvalue weighted by atomic mass is 10.0. The summed E-state index contributed by atoms with van der Waals surface area (Å²) in [4.78, 5) is 16.8. The summed E-state index contributed by atoms with van der Waals surface area (Å²) >= 11 is 0. The van der Waals surface area contributed by atoms with Crippen molar-refractivity contribution in [2.24, 2.45) is 0 Å². The minimum Gasteiger partial charge on any atom is -0.465 e. The van der Waals surface area contributed by atoms with Crippen molar-refractivity contribution < 1.29 is 13.6 Å². The third-order valence-corrected chi connectivity index (χ3v) is 4.74. The van der Waals surface area contributed by atoms with E-state index in [4.69, 9.17) is 4.42 Å². The van der Waals surface area contributed by atoms with Gasteiger partial charge in [-0.05, 0) is 31.0 Å². The third-order valence-electron chi connectivity index (χ3n) is 4.74. The van der Waals surface area contributed by atoms with Crippen LogP contribution >= 0.6 is 0 Å². The molecule has 0 N–H and O–H groups in total. The summed E-state index contributed by atoms with van der Waals surface area (Å²) in [5.41, 5.74) is 2.80. The molecular formula is C20H25FN2O2. The Morgan fingerprint density at radius 1 is 1.32 bits per heavy atom. The molecule has 0 aliphatic carbocycles. The SMILES string of the molecule is CCCN(C)C(=O)c1c(C)oc2c1CN(Cc1ccc(F)cc1)CC2. The normalized spacial score (nSPS) is 14.4. The molecule has 1 aliphatic rings. The van der Waals surface area contributed by atoms with Crippen LogP contribution < -0.4 is 0 Å². The fourth-order valence-corrected chi connectivity index (χ4v) is 3.47. The second-order valence-electron chi connectivity index (χ2n) is 6.75. The first kappa shape index (κ1) is 17.7. The predicted octanol–water partition coefficient (Wildman–Crippen LogP) is 3.77. The van der Waals surface area contributed by atoms with E-state index in [0.717, 1.165) is 54.9 Å². The van der Waals surface area contributed by atoms with Crippen molar-refractivity contribution in [1.82, 2.24) is 9.80 Å². The molecule has 1 aromatic heterocycles. The molecule has 0 atom stereocenters. The summed E-state index contributed by atoms with van der Waals surface area (Å²) < 4.78 is 19.0. The number of hydrogen-bond acceptors (Lipinski definition) is 3. The molecule has 2 aromatic rings. The number of carbonyl (C=O) groups is 1. The van der Waals surface area contributed by atoms with Crippen LogP contribution in [0.2, 0.25) is 0 Å². The molecule has 1 aliphatic heterocycles. The molecule has 0 saturated heterocycles. The topological polar surface area (TPSA) is 36.7 Å². The highest BCUT2D eigenvalue weighted by atomic mass is 19.1. The minimum atomic E-state index is -0.220. The predicted molar refractivity (Wildman–Crippen MR) is 94.9 cm³/mol. The van der Waals surface area contributed by atoms with Gasteiger partial charge in [0.25, 0.3) is 5.91 Å². The zero-order valence-corrected chi connectivity index (χ0v) is 15.1. The lowest BCUT2D eigenvalue weighted by molar-refractivity contribution is 0.0791. The van der Waals surface area contributed by atoms with Gasteiger partial charge in [0.2, 0.25) is 0 Å². The molecular weight excluding hydrogens is 319 g/mol. The van der Waals surface area contributed by atoms with E-state index in [9.17, 15) is 9.18 Å². The Morgan fingerprint density at radius 3 is 2.72 bits per heavy atom. The Kier molecular flexibility index (Phi) is 5.23. The van der Waals surface area contributed by atoms with Crippen LogP contribution in [0.15, 0.2) is 28.7 Å². The standard InChI is InChI=1S/C20H25FN2O2/c1-4-10-22(3)20(24)19-14(2)25-18-9-11-23(13-17(18)19)12-15-5-7-16(21)8-6-15/h5-8H,4,9-13H2,1-3H3. The lowest BCUT2D eigenvalue weighted by Crippen LogP contribution is -2.33. The maximum atomic E-state index is 13.1. The molecule has 0 fully saturated rings. The maximum Gasteiger partial charge on any atom is 0.257 e. The second-order valence-corrected chi connectivity index (χ2v) is 6.75. The van der Waals surface area contributed by atoms with Crippen molar-refractivity contribution in [2.75, 3.05) is 20.1 Å². The molecule has 0 spiro atoms. The van der Waals surface area contributed by atoms with Crippen molar-refractivity contribution in [3.63, 3.8) is 0 Å². The van der Waals surface area contributed by atoms with Crippen LogP contribution in [0.5, 0.6) is 0 Å². The number of nitrogens with zero attached hydrogens (tertiary/aromatic N) is 2. The van der Waals surface area contributed by atoms with Gasteiger partial charge < -0.3 is 9.32 Å². The van der Waals surface area contributed by atoms with E-state index in [1.54, 1.807) is 4.90 Å². The molecule has 0 unspecified atom stereocenters. The van der Waals surface area contributed by atoms with E-state index in [2.05, 4.69) is 11.8 Å². The van der Waals surface area contributed by atoms with Gasteiger partial charge in [-0.3, -0.25) is 9.69 Å². The van der Waals surface area contributed by atoms with Gasteiger partial charge in [0.15, 0.2) is 0 Å². The molecule has 0 bridgehead atoms. The highest BCUT2D eigenvalue weighted by Gasteiger charge is 2.29. The number of amides is 1. The third kappa shape index (κ3) is 3.76. The number of aryl methyl sites for hydroxylation is 1. The Hall–Kier alpha value is -2.14. The largest absolute Gasteiger partial charge is 0.465 e. The molecule has 1 amide bonds. The molecule has 1 aromatic carbocycles. The number of benzene rings is 1. The molecule has 0 radical (unpaired) electrons. The zero-order chi connectivity index (χ0) is 18.0. The summed E-state index contributed by atoms with van der Waals surface area (Å²) in [6.45, 7) is 6.96. The van der Waals surface area contributed by atoms with Crippen molar-refractivity contribution in [1.29, 1.82) is 0 Å². The van der Waals surface area contributed by atoms with Crippen molar-refractivity contribution in [3.05, 3.63) is 58.3 Å². The molecule has 2 heterocycles. The number of fused-ring (bicyclic) bond motifs is 1. The van der Waals surface area contributed by atoms with Crippen LogP contribution in [0, 0.1) is 12.7 Å². The summed E-state index contributed by atoms with van der Waals surface area (Å²) in [5.74, 6) is 1.46. The molecule has 4 nitrogen and oxygen atoms in total. The van der Waals surface area contributed by atoms with Crippen molar-refractivity contribution in [2.45, 2.75) is 39.8 Å². The highest BCUT2D eigenvalue weighted by molar-refractivity contribution is 5.96. The van der Waals surface area contributed by atoms with E-state index in [-0.39, 0.29) is 11.7 Å². The van der Waals surface area contributed by atoms with E-state index < -0.39 is 0 Å². The monoisotopic (exact) mass is 344 g/mol. The number of carbonyl (C=O) groups excluding carboxylic acids is 1. The number of halogens is 1. The van der Waals surface area contributed by atoms with Gasteiger partial charge in [0, 0.05) is 45.2 Å². The van der Waals surface area contributed by atoms with Gasteiger partial charge >= 0.3 is 0 Å². The van der Waals surface area contributed by atoms with Crippen LogP contribution in [0.25, 0.3) is 0 Å². The van der Waals surface area contributed by atoms with Crippen LogP contribution in [-0.2, 0) is 19.5 Å². The first-order valence-corrected chi connectivity index (χ1v) is 8.83. The molecule has 5 heteroatoms. The Morgan fingerprint density at radius 2 is 2.04 bits per heavy atom. The number of furan rings is 1. The van der Waals surface area contributed by atoms with Gasteiger partial charge in [-0.25, -0.2) is 4.39 Å². The van der Waals surface area contributed by atoms with Gasteiger partial charge in [-0.1, -0.05) is 19.1 Å². The average molecular weight is 344 g/mol. The number of hydrogen-bond donors (Lipinski definition) is 0. The first-order chi connectivity index (χ1) is 12.0. The summed E-state index contributed by atoms with van der Waals surface area (Å²) in [6.07, 6.45) is 1.72. The number of rotatable bonds is 5. The molecule has 0 saturated carbocycles. The van der Waals surface area contributed by atoms with E-state index in [1.165, 1.54) is 12.1 Å². The zero-order valence-electron chi connectivity index (χ0n) is 15.1. The van der Waals surface area contributed by atoms with Crippen LogP contribution in [-0.4, -0.2) is 35.8 Å². The summed E-state index contributed by atoms with van der Waals surface area (Å²) in [6, 6.07) is 6.60. The Balaban J connectivity index is 1.79. The van der Waals surface area contributed by atoms with Crippen LogP contribution in [0.4, 0.5) is 4.39 Å². The van der Waals surface area contributed by atoms with E-state index >= 15 is 0 Å². The quantitative estimate of drug-likeness (QED) is 0.828. The van der Waals surface area contributed by atoms with Gasteiger partial charge in [-0.15, -0.1) is 0 Å². The Labute approximate surface area is 148 Å².